The van der Waals surface area contributed by atoms with Crippen molar-refractivity contribution in [3.8, 4) is 0 Å². The molecule has 0 N–H and O–H groups in total. The van der Waals surface area contributed by atoms with Crippen LogP contribution in [0.4, 0.5) is 0 Å². The molecule has 4 rings (SSSR count). The topological polar surface area (TPSA) is 41.9 Å². The van der Waals surface area contributed by atoms with E-state index in [1.165, 1.54) is 5.56 Å². The standard InChI is InChI=1S/C24H22N4/c1-2-10-20(11-3-1)24(23-14-6-9-17-27-23)28(18-21-12-4-7-15-25-21)19-22-13-5-8-16-26-22/h1-17,24H,18-19H2/t24-/m1/s1. The van der Waals surface area contributed by atoms with Crippen LogP contribution in [-0.2, 0) is 13.1 Å². The number of hydrogen-bond donors (Lipinski definition) is 0. The van der Waals surface area contributed by atoms with Crippen LogP contribution in [0.15, 0.2) is 104 Å². The first kappa shape index (κ1) is 18.0. The smallest absolute Gasteiger partial charge is 0.0783 e. The highest BCUT2D eigenvalue weighted by atomic mass is 15.2. The van der Waals surface area contributed by atoms with Gasteiger partial charge in [-0.25, -0.2) is 0 Å². The molecule has 0 aliphatic carbocycles. The van der Waals surface area contributed by atoms with Gasteiger partial charge in [0.1, 0.15) is 0 Å². The minimum Gasteiger partial charge on any atom is -0.279 e. The Bertz CT molecular complexity index is 879. The van der Waals surface area contributed by atoms with Gasteiger partial charge in [-0.05, 0) is 42.0 Å². The molecule has 0 unspecified atom stereocenters. The van der Waals surface area contributed by atoms with Crippen molar-refractivity contribution in [3.63, 3.8) is 0 Å². The van der Waals surface area contributed by atoms with Gasteiger partial charge in [0.2, 0.25) is 0 Å². The third-order valence-corrected chi connectivity index (χ3v) is 4.63. The normalized spacial score (nSPS) is 12.0. The Hall–Kier alpha value is -3.37. The first-order valence-electron chi connectivity index (χ1n) is 9.40. The van der Waals surface area contributed by atoms with E-state index in [9.17, 15) is 0 Å². The van der Waals surface area contributed by atoms with Gasteiger partial charge in [0, 0.05) is 31.7 Å². The average Bonchev–Trinajstić information content (AvgIpc) is 2.77. The number of nitrogens with zero attached hydrogens (tertiary/aromatic N) is 4. The summed E-state index contributed by atoms with van der Waals surface area (Å²) >= 11 is 0. The summed E-state index contributed by atoms with van der Waals surface area (Å²) in [4.78, 5) is 16.1. The molecule has 3 heterocycles. The molecule has 0 aliphatic rings. The molecule has 1 aromatic carbocycles. The molecule has 0 bridgehead atoms. The second kappa shape index (κ2) is 9.02. The first-order valence-corrected chi connectivity index (χ1v) is 9.40. The summed E-state index contributed by atoms with van der Waals surface area (Å²) in [5, 5.41) is 0. The van der Waals surface area contributed by atoms with Crippen LogP contribution >= 0.6 is 0 Å². The third-order valence-electron chi connectivity index (χ3n) is 4.63. The highest BCUT2D eigenvalue weighted by Crippen LogP contribution is 2.29. The van der Waals surface area contributed by atoms with E-state index in [1.54, 1.807) is 0 Å². The van der Waals surface area contributed by atoms with Crippen molar-refractivity contribution in [2.45, 2.75) is 19.1 Å². The van der Waals surface area contributed by atoms with Gasteiger partial charge in [-0.3, -0.25) is 19.9 Å². The maximum atomic E-state index is 4.68. The van der Waals surface area contributed by atoms with E-state index < -0.39 is 0 Å². The van der Waals surface area contributed by atoms with Gasteiger partial charge in [0.15, 0.2) is 0 Å². The van der Waals surface area contributed by atoms with E-state index in [1.807, 2.05) is 61.1 Å². The van der Waals surface area contributed by atoms with Crippen molar-refractivity contribution < 1.29 is 0 Å². The van der Waals surface area contributed by atoms with Crippen LogP contribution in [0, 0.1) is 0 Å². The van der Waals surface area contributed by atoms with Gasteiger partial charge in [-0.15, -0.1) is 0 Å². The fourth-order valence-electron chi connectivity index (χ4n) is 3.38. The minimum absolute atomic E-state index is 0.00594. The van der Waals surface area contributed by atoms with E-state index in [-0.39, 0.29) is 6.04 Å². The lowest BCUT2D eigenvalue weighted by atomic mass is 10.0. The summed E-state index contributed by atoms with van der Waals surface area (Å²) in [5.41, 5.74) is 4.26. The van der Waals surface area contributed by atoms with Crippen molar-refractivity contribution in [3.05, 3.63) is 126 Å². The summed E-state index contributed by atoms with van der Waals surface area (Å²) in [6, 6.07) is 28.7. The molecule has 0 fully saturated rings. The summed E-state index contributed by atoms with van der Waals surface area (Å²) in [7, 11) is 0. The highest BCUT2D eigenvalue weighted by Gasteiger charge is 2.24. The molecule has 3 aromatic heterocycles. The fraction of sp³-hybridized carbons (Fsp3) is 0.125. The van der Waals surface area contributed by atoms with Crippen LogP contribution in [0.3, 0.4) is 0 Å². The molecule has 0 radical (unpaired) electrons. The molecule has 1 atom stereocenters. The molecule has 4 aromatic rings. The van der Waals surface area contributed by atoms with Gasteiger partial charge in [-0.1, -0.05) is 48.5 Å². The average molecular weight is 366 g/mol. The van der Waals surface area contributed by atoms with Crippen LogP contribution in [0.5, 0.6) is 0 Å². The largest absolute Gasteiger partial charge is 0.279 e. The fourth-order valence-corrected chi connectivity index (χ4v) is 3.38. The Morgan fingerprint density at radius 3 is 1.61 bits per heavy atom. The Morgan fingerprint density at radius 1 is 0.571 bits per heavy atom. The van der Waals surface area contributed by atoms with Crippen LogP contribution < -0.4 is 0 Å². The Morgan fingerprint density at radius 2 is 1.11 bits per heavy atom. The highest BCUT2D eigenvalue weighted by molar-refractivity contribution is 5.28. The van der Waals surface area contributed by atoms with Crippen LogP contribution in [0.2, 0.25) is 0 Å². The van der Waals surface area contributed by atoms with E-state index >= 15 is 0 Å². The van der Waals surface area contributed by atoms with Crippen LogP contribution in [-0.4, -0.2) is 19.9 Å². The van der Waals surface area contributed by atoms with E-state index in [0.717, 1.165) is 17.1 Å². The monoisotopic (exact) mass is 366 g/mol. The maximum absolute atomic E-state index is 4.68. The minimum atomic E-state index is 0.00594. The second-order valence-corrected chi connectivity index (χ2v) is 6.61. The molecule has 4 heteroatoms. The van der Waals surface area contributed by atoms with E-state index in [2.05, 4.69) is 62.3 Å². The number of pyridine rings is 3. The van der Waals surface area contributed by atoms with Crippen molar-refractivity contribution in [1.29, 1.82) is 0 Å². The number of rotatable bonds is 7. The zero-order valence-electron chi connectivity index (χ0n) is 15.6. The Labute approximate surface area is 165 Å². The first-order chi connectivity index (χ1) is 13.9. The van der Waals surface area contributed by atoms with Gasteiger partial charge < -0.3 is 0 Å². The molecular formula is C24H22N4. The van der Waals surface area contributed by atoms with Gasteiger partial charge in [-0.2, -0.15) is 0 Å². The summed E-state index contributed by atoms with van der Waals surface area (Å²) in [5.74, 6) is 0. The van der Waals surface area contributed by atoms with E-state index in [4.69, 9.17) is 0 Å². The van der Waals surface area contributed by atoms with Crippen molar-refractivity contribution in [2.24, 2.45) is 0 Å². The van der Waals surface area contributed by atoms with Gasteiger partial charge in [0.05, 0.1) is 23.1 Å². The number of benzene rings is 1. The molecule has 138 valence electrons. The molecule has 0 aliphatic heterocycles. The molecule has 28 heavy (non-hydrogen) atoms. The molecule has 0 amide bonds. The van der Waals surface area contributed by atoms with Crippen molar-refractivity contribution in [1.82, 2.24) is 19.9 Å². The zero-order valence-corrected chi connectivity index (χ0v) is 15.6. The lowest BCUT2D eigenvalue weighted by Crippen LogP contribution is -2.30. The lowest BCUT2D eigenvalue weighted by Gasteiger charge is -2.31. The van der Waals surface area contributed by atoms with Gasteiger partial charge >= 0.3 is 0 Å². The quantitative estimate of drug-likeness (QED) is 0.477. The predicted molar refractivity (Wildman–Crippen MR) is 110 cm³/mol. The van der Waals surface area contributed by atoms with E-state index in [0.29, 0.717) is 13.1 Å². The molecule has 0 saturated carbocycles. The number of aromatic nitrogens is 3. The number of hydrogen-bond acceptors (Lipinski definition) is 4. The van der Waals surface area contributed by atoms with Crippen molar-refractivity contribution >= 4 is 0 Å². The zero-order chi connectivity index (χ0) is 19.0. The van der Waals surface area contributed by atoms with Crippen molar-refractivity contribution in [2.75, 3.05) is 0 Å². The predicted octanol–water partition coefficient (Wildman–Crippen LogP) is 4.66. The second-order valence-electron chi connectivity index (χ2n) is 6.61. The SMILES string of the molecule is c1ccc([C@H](c2ccccn2)N(Cc2ccccn2)Cc2ccccn2)cc1. The molecule has 0 saturated heterocycles. The Balaban J connectivity index is 1.76. The maximum Gasteiger partial charge on any atom is 0.0783 e. The van der Waals surface area contributed by atoms with Gasteiger partial charge in [0.25, 0.3) is 0 Å². The summed E-state index contributed by atoms with van der Waals surface area (Å²) in [6.07, 6.45) is 5.53. The molecular weight excluding hydrogens is 344 g/mol. The molecule has 4 nitrogen and oxygen atoms in total. The molecule has 0 spiro atoms. The third kappa shape index (κ3) is 4.48. The summed E-state index contributed by atoms with van der Waals surface area (Å²) in [6.45, 7) is 1.40. The van der Waals surface area contributed by atoms with Crippen LogP contribution in [0.1, 0.15) is 28.7 Å². The van der Waals surface area contributed by atoms with Crippen LogP contribution in [0.25, 0.3) is 0 Å². The Kier molecular flexibility index (Phi) is 5.80. The lowest BCUT2D eigenvalue weighted by molar-refractivity contribution is 0.198. The summed E-state index contributed by atoms with van der Waals surface area (Å²) < 4.78 is 0.